The van der Waals surface area contributed by atoms with Crippen molar-refractivity contribution in [2.45, 2.75) is 45.4 Å². The summed E-state index contributed by atoms with van der Waals surface area (Å²) in [4.78, 5) is 12.9. The van der Waals surface area contributed by atoms with E-state index in [-0.39, 0.29) is 5.41 Å². The Hall–Kier alpha value is -1.57. The maximum absolute atomic E-state index is 12.9. The third-order valence-electron chi connectivity index (χ3n) is 5.97. The van der Waals surface area contributed by atoms with Gasteiger partial charge in [0.25, 0.3) is 0 Å². The number of rotatable bonds is 4. The van der Waals surface area contributed by atoms with E-state index in [2.05, 4.69) is 0 Å². The second-order valence-corrected chi connectivity index (χ2v) is 7.80. The molecule has 1 heterocycles. The summed E-state index contributed by atoms with van der Waals surface area (Å²) in [6.45, 7) is 2.02. The summed E-state index contributed by atoms with van der Waals surface area (Å²) < 4.78 is 5.32. The number of hydrogen-bond donors (Lipinski definition) is 0. The highest BCUT2D eigenvalue weighted by atomic mass is 16.3. The van der Waals surface area contributed by atoms with Gasteiger partial charge in [-0.05, 0) is 93.1 Å². The van der Waals surface area contributed by atoms with Crippen LogP contribution in [0.25, 0.3) is 6.08 Å². The number of ketones is 1. The highest BCUT2D eigenvalue weighted by Crippen LogP contribution is 2.60. The number of carbonyl (C=O) groups excluding carboxylic acids is 1. The molecule has 4 aliphatic carbocycles. The standard InChI is InChI=1S/C20H24O2/c1-14(7-18-3-2-6-22-18)4-5-19(21)20-11-15-8-16(12-20)10-17(9-15)13-20/h2-7,15-17H,8-13H2,1H3/b5-4+,14-7+. The Bertz CT molecular complexity index is 583. The summed E-state index contributed by atoms with van der Waals surface area (Å²) in [5, 5.41) is 0. The van der Waals surface area contributed by atoms with Crippen LogP contribution in [0.2, 0.25) is 0 Å². The van der Waals surface area contributed by atoms with Gasteiger partial charge in [-0.3, -0.25) is 4.79 Å². The lowest BCUT2D eigenvalue weighted by atomic mass is 9.48. The average Bonchev–Trinajstić information content (AvgIpc) is 2.96. The van der Waals surface area contributed by atoms with E-state index >= 15 is 0 Å². The zero-order valence-corrected chi connectivity index (χ0v) is 13.3. The van der Waals surface area contributed by atoms with Crippen molar-refractivity contribution in [2.24, 2.45) is 23.2 Å². The van der Waals surface area contributed by atoms with Crippen LogP contribution in [0.4, 0.5) is 0 Å². The summed E-state index contributed by atoms with van der Waals surface area (Å²) >= 11 is 0. The molecular weight excluding hydrogens is 272 g/mol. The van der Waals surface area contributed by atoms with E-state index in [9.17, 15) is 4.79 Å². The van der Waals surface area contributed by atoms with Gasteiger partial charge in [-0.2, -0.15) is 0 Å². The molecule has 0 unspecified atom stereocenters. The van der Waals surface area contributed by atoms with Crippen LogP contribution in [-0.4, -0.2) is 5.78 Å². The minimum Gasteiger partial charge on any atom is -0.465 e. The van der Waals surface area contributed by atoms with Crippen molar-refractivity contribution < 1.29 is 9.21 Å². The van der Waals surface area contributed by atoms with Crippen LogP contribution in [0, 0.1) is 23.2 Å². The third-order valence-corrected chi connectivity index (χ3v) is 5.97. The highest BCUT2D eigenvalue weighted by Gasteiger charge is 2.53. The first-order valence-electron chi connectivity index (χ1n) is 8.57. The van der Waals surface area contributed by atoms with Crippen LogP contribution < -0.4 is 0 Å². The van der Waals surface area contributed by atoms with Crippen LogP contribution in [-0.2, 0) is 4.79 Å². The molecule has 1 aromatic rings. The number of furan rings is 1. The minimum atomic E-state index is -0.0176. The van der Waals surface area contributed by atoms with Crippen LogP contribution in [0.15, 0.2) is 40.5 Å². The summed E-state index contributed by atoms with van der Waals surface area (Å²) in [5.74, 6) is 3.68. The normalized spacial score (nSPS) is 37.1. The van der Waals surface area contributed by atoms with E-state index < -0.39 is 0 Å². The number of hydrogen-bond acceptors (Lipinski definition) is 2. The molecule has 0 amide bonds. The van der Waals surface area contributed by atoms with Gasteiger partial charge in [-0.25, -0.2) is 0 Å². The molecule has 22 heavy (non-hydrogen) atoms. The monoisotopic (exact) mass is 296 g/mol. The molecule has 0 atom stereocenters. The van der Waals surface area contributed by atoms with E-state index in [1.807, 2.05) is 37.3 Å². The number of allylic oxidation sites excluding steroid dienone is 3. The second kappa shape index (κ2) is 5.26. The Morgan fingerprint density at radius 1 is 1.14 bits per heavy atom. The summed E-state index contributed by atoms with van der Waals surface area (Å²) in [5.41, 5.74) is 1.05. The van der Waals surface area contributed by atoms with Crippen molar-refractivity contribution >= 4 is 11.9 Å². The fourth-order valence-corrected chi connectivity index (χ4v) is 5.44. The van der Waals surface area contributed by atoms with Gasteiger partial charge in [0.05, 0.1) is 6.26 Å². The quantitative estimate of drug-likeness (QED) is 0.576. The van der Waals surface area contributed by atoms with Crippen LogP contribution >= 0.6 is 0 Å². The fourth-order valence-electron chi connectivity index (χ4n) is 5.44. The molecule has 0 aliphatic heterocycles. The zero-order chi connectivity index (χ0) is 15.2. The topological polar surface area (TPSA) is 30.2 Å². The van der Waals surface area contributed by atoms with E-state index in [0.717, 1.165) is 48.3 Å². The molecule has 0 spiro atoms. The van der Waals surface area contributed by atoms with Crippen LogP contribution in [0.1, 0.15) is 51.2 Å². The first-order chi connectivity index (χ1) is 10.6. The van der Waals surface area contributed by atoms with Gasteiger partial charge >= 0.3 is 0 Å². The molecule has 0 N–H and O–H groups in total. The lowest BCUT2D eigenvalue weighted by Crippen LogP contribution is -2.49. The highest BCUT2D eigenvalue weighted by molar-refractivity contribution is 5.95. The molecule has 4 bridgehead atoms. The van der Waals surface area contributed by atoms with Crippen molar-refractivity contribution in [2.75, 3.05) is 0 Å². The van der Waals surface area contributed by atoms with E-state index in [1.165, 1.54) is 19.3 Å². The van der Waals surface area contributed by atoms with Crippen molar-refractivity contribution in [1.29, 1.82) is 0 Å². The SMILES string of the molecule is CC(/C=C/C(=O)C12CC3CC(CC(C3)C1)C2)=C\c1ccco1. The van der Waals surface area contributed by atoms with Gasteiger partial charge in [-0.15, -0.1) is 0 Å². The summed E-state index contributed by atoms with van der Waals surface area (Å²) in [6, 6.07) is 3.81. The molecular formula is C20H24O2. The Morgan fingerprint density at radius 2 is 1.77 bits per heavy atom. The summed E-state index contributed by atoms with van der Waals surface area (Å²) in [7, 11) is 0. The molecule has 2 nitrogen and oxygen atoms in total. The summed E-state index contributed by atoms with van der Waals surface area (Å²) in [6.07, 6.45) is 15.0. The Kier molecular flexibility index (Phi) is 3.36. The Balaban J connectivity index is 1.49. The molecule has 2 heteroatoms. The minimum absolute atomic E-state index is 0.0176. The van der Waals surface area contributed by atoms with Gasteiger partial charge in [0.15, 0.2) is 5.78 Å². The van der Waals surface area contributed by atoms with Crippen molar-refractivity contribution in [3.05, 3.63) is 41.9 Å². The Morgan fingerprint density at radius 3 is 2.32 bits per heavy atom. The molecule has 0 aromatic carbocycles. The lowest BCUT2D eigenvalue weighted by Gasteiger charge is -2.55. The van der Waals surface area contributed by atoms with E-state index in [1.54, 1.807) is 6.26 Å². The largest absolute Gasteiger partial charge is 0.465 e. The van der Waals surface area contributed by atoms with Crippen LogP contribution in [0.3, 0.4) is 0 Å². The Labute approximate surface area is 132 Å². The molecule has 4 aliphatic rings. The van der Waals surface area contributed by atoms with Crippen LogP contribution in [0.5, 0.6) is 0 Å². The first kappa shape index (κ1) is 14.0. The number of carbonyl (C=O) groups is 1. The third kappa shape index (κ3) is 2.49. The molecule has 4 fully saturated rings. The van der Waals surface area contributed by atoms with Gasteiger partial charge in [0.1, 0.15) is 5.76 Å². The fraction of sp³-hybridized carbons (Fsp3) is 0.550. The predicted molar refractivity (Wildman–Crippen MR) is 87.1 cm³/mol. The molecule has 5 rings (SSSR count). The molecule has 0 saturated heterocycles. The molecule has 4 saturated carbocycles. The van der Waals surface area contributed by atoms with Crippen molar-refractivity contribution in [3.63, 3.8) is 0 Å². The van der Waals surface area contributed by atoms with E-state index in [0.29, 0.717) is 5.78 Å². The molecule has 116 valence electrons. The van der Waals surface area contributed by atoms with Gasteiger partial charge in [0.2, 0.25) is 0 Å². The van der Waals surface area contributed by atoms with Crippen molar-refractivity contribution in [1.82, 2.24) is 0 Å². The zero-order valence-electron chi connectivity index (χ0n) is 13.3. The first-order valence-corrected chi connectivity index (χ1v) is 8.57. The van der Waals surface area contributed by atoms with Gasteiger partial charge in [0, 0.05) is 5.41 Å². The predicted octanol–water partition coefficient (Wildman–Crippen LogP) is 5.02. The second-order valence-electron chi connectivity index (χ2n) is 7.80. The molecule has 1 aromatic heterocycles. The van der Waals surface area contributed by atoms with Gasteiger partial charge in [-0.1, -0.05) is 6.08 Å². The van der Waals surface area contributed by atoms with Crippen molar-refractivity contribution in [3.8, 4) is 0 Å². The average molecular weight is 296 g/mol. The molecule has 0 radical (unpaired) electrons. The smallest absolute Gasteiger partial charge is 0.161 e. The lowest BCUT2D eigenvalue weighted by molar-refractivity contribution is -0.138. The maximum Gasteiger partial charge on any atom is 0.161 e. The van der Waals surface area contributed by atoms with E-state index in [4.69, 9.17) is 4.42 Å². The van der Waals surface area contributed by atoms with Gasteiger partial charge < -0.3 is 4.42 Å². The maximum atomic E-state index is 12.9.